The Morgan fingerprint density at radius 1 is 1.11 bits per heavy atom. The molecule has 100 valence electrons. The topological polar surface area (TPSA) is 55.5 Å². The fraction of sp³-hybridized carbons (Fsp3) is 0.250. The summed E-state index contributed by atoms with van der Waals surface area (Å²) in [5.41, 5.74) is 8.73. The van der Waals surface area contributed by atoms with Crippen molar-refractivity contribution in [3.8, 4) is 16.9 Å². The molecule has 1 unspecified atom stereocenters. The molecule has 0 heterocycles. The fourth-order valence-corrected chi connectivity index (χ4v) is 1.88. The van der Waals surface area contributed by atoms with E-state index in [-0.39, 0.29) is 13.2 Å². The highest BCUT2D eigenvalue weighted by atomic mass is 16.5. The van der Waals surface area contributed by atoms with Crippen LogP contribution >= 0.6 is 0 Å². The number of hydrogen-bond donors (Lipinski definition) is 2. The number of nitrogens with two attached hydrogens (primary N) is 1. The third-order valence-corrected chi connectivity index (χ3v) is 2.99. The van der Waals surface area contributed by atoms with E-state index >= 15 is 0 Å². The highest BCUT2D eigenvalue weighted by molar-refractivity contribution is 5.65. The Balaban J connectivity index is 2.13. The Bertz CT molecular complexity index is 526. The van der Waals surface area contributed by atoms with Crippen molar-refractivity contribution in [3.05, 3.63) is 54.1 Å². The Labute approximate surface area is 113 Å². The average Bonchev–Trinajstić information content (AvgIpc) is 2.46. The van der Waals surface area contributed by atoms with Gasteiger partial charge in [-0.1, -0.05) is 36.4 Å². The van der Waals surface area contributed by atoms with Gasteiger partial charge in [-0.2, -0.15) is 0 Å². The maximum atomic E-state index is 9.39. The second-order valence-corrected chi connectivity index (χ2v) is 4.55. The lowest BCUT2D eigenvalue weighted by Crippen LogP contribution is -2.26. The van der Waals surface area contributed by atoms with Gasteiger partial charge in [0.05, 0.1) is 0 Å². The second kappa shape index (κ2) is 6.36. The van der Waals surface area contributed by atoms with Gasteiger partial charge in [0.2, 0.25) is 0 Å². The Hall–Kier alpha value is -1.84. The van der Waals surface area contributed by atoms with Crippen LogP contribution in [0.5, 0.6) is 5.75 Å². The van der Waals surface area contributed by atoms with Gasteiger partial charge in [-0.25, -0.2) is 0 Å². The molecule has 0 amide bonds. The summed E-state index contributed by atoms with van der Waals surface area (Å²) in [6.45, 7) is 2.43. The van der Waals surface area contributed by atoms with Crippen LogP contribution in [0.25, 0.3) is 11.1 Å². The molecular weight excluding hydrogens is 238 g/mol. The van der Waals surface area contributed by atoms with E-state index in [4.69, 9.17) is 10.5 Å². The summed E-state index contributed by atoms with van der Waals surface area (Å²) in [5.74, 6) is 0.784. The lowest BCUT2D eigenvalue weighted by molar-refractivity contribution is 0.114. The Kier molecular flexibility index (Phi) is 4.55. The van der Waals surface area contributed by atoms with Gasteiger partial charge >= 0.3 is 0 Å². The first kappa shape index (κ1) is 13.6. The minimum absolute atomic E-state index is 0.209. The first-order chi connectivity index (χ1) is 9.20. The number of ether oxygens (including phenoxy) is 1. The number of rotatable bonds is 5. The standard InChI is InChI=1S/C16H19NO2/c1-12-9-14(13-5-3-2-4-6-13)7-8-16(12)19-11-15(18)10-17/h2-9,15,18H,10-11,17H2,1H3. The van der Waals surface area contributed by atoms with Crippen molar-refractivity contribution >= 4 is 0 Å². The van der Waals surface area contributed by atoms with E-state index in [0.29, 0.717) is 0 Å². The van der Waals surface area contributed by atoms with Gasteiger partial charge in [0.15, 0.2) is 0 Å². The number of benzene rings is 2. The van der Waals surface area contributed by atoms with Crippen molar-refractivity contribution < 1.29 is 9.84 Å². The van der Waals surface area contributed by atoms with Gasteiger partial charge in [-0.15, -0.1) is 0 Å². The summed E-state index contributed by atoms with van der Waals surface area (Å²) < 4.78 is 5.55. The van der Waals surface area contributed by atoms with Crippen molar-refractivity contribution in [3.63, 3.8) is 0 Å². The molecule has 0 bridgehead atoms. The largest absolute Gasteiger partial charge is 0.491 e. The predicted octanol–water partition coefficient (Wildman–Crippen LogP) is 2.36. The van der Waals surface area contributed by atoms with Crippen LogP contribution in [0.15, 0.2) is 48.5 Å². The minimum atomic E-state index is -0.617. The van der Waals surface area contributed by atoms with Crippen molar-refractivity contribution in [2.24, 2.45) is 5.73 Å². The third kappa shape index (κ3) is 3.56. The zero-order valence-electron chi connectivity index (χ0n) is 11.0. The molecule has 2 rings (SSSR count). The molecule has 3 nitrogen and oxygen atoms in total. The SMILES string of the molecule is Cc1cc(-c2ccccc2)ccc1OCC(O)CN. The first-order valence-electron chi connectivity index (χ1n) is 6.37. The van der Waals surface area contributed by atoms with Gasteiger partial charge in [-0.05, 0) is 35.7 Å². The van der Waals surface area contributed by atoms with Crippen LogP contribution in [0.3, 0.4) is 0 Å². The van der Waals surface area contributed by atoms with Crippen molar-refractivity contribution in [2.45, 2.75) is 13.0 Å². The van der Waals surface area contributed by atoms with E-state index in [1.165, 1.54) is 5.56 Å². The third-order valence-electron chi connectivity index (χ3n) is 2.99. The molecular formula is C16H19NO2. The summed E-state index contributed by atoms with van der Waals surface area (Å²) in [6, 6.07) is 16.2. The Morgan fingerprint density at radius 2 is 1.84 bits per heavy atom. The summed E-state index contributed by atoms with van der Waals surface area (Å²) in [7, 11) is 0. The number of aryl methyl sites for hydroxylation is 1. The summed E-state index contributed by atoms with van der Waals surface area (Å²) >= 11 is 0. The maximum Gasteiger partial charge on any atom is 0.122 e. The first-order valence-corrected chi connectivity index (χ1v) is 6.37. The monoisotopic (exact) mass is 257 g/mol. The summed E-state index contributed by atoms with van der Waals surface area (Å²) in [6.07, 6.45) is -0.617. The molecule has 0 radical (unpaired) electrons. The van der Waals surface area contributed by atoms with Gasteiger partial charge in [-0.3, -0.25) is 0 Å². The number of aliphatic hydroxyl groups excluding tert-OH is 1. The minimum Gasteiger partial charge on any atom is -0.491 e. The van der Waals surface area contributed by atoms with Crippen molar-refractivity contribution in [2.75, 3.05) is 13.2 Å². The van der Waals surface area contributed by atoms with Crippen LogP contribution in [-0.4, -0.2) is 24.4 Å². The summed E-state index contributed by atoms with van der Waals surface area (Å²) in [4.78, 5) is 0. The van der Waals surface area contributed by atoms with E-state index in [1.807, 2.05) is 37.3 Å². The van der Waals surface area contributed by atoms with Crippen LogP contribution in [0.4, 0.5) is 0 Å². The van der Waals surface area contributed by atoms with Gasteiger partial charge < -0.3 is 15.6 Å². The molecule has 0 fully saturated rings. The highest BCUT2D eigenvalue weighted by Gasteiger charge is 2.06. The normalized spacial score (nSPS) is 12.2. The molecule has 0 aromatic heterocycles. The van der Waals surface area contributed by atoms with Crippen LogP contribution in [-0.2, 0) is 0 Å². The average molecular weight is 257 g/mol. The van der Waals surface area contributed by atoms with Crippen molar-refractivity contribution in [1.82, 2.24) is 0 Å². The molecule has 0 saturated carbocycles. The van der Waals surface area contributed by atoms with Crippen LogP contribution in [0.1, 0.15) is 5.56 Å². The van der Waals surface area contributed by atoms with Crippen LogP contribution in [0.2, 0.25) is 0 Å². The van der Waals surface area contributed by atoms with E-state index in [9.17, 15) is 5.11 Å². The smallest absolute Gasteiger partial charge is 0.122 e. The van der Waals surface area contributed by atoms with E-state index in [2.05, 4.69) is 18.2 Å². The molecule has 0 aliphatic heterocycles. The Morgan fingerprint density at radius 3 is 2.47 bits per heavy atom. The lowest BCUT2D eigenvalue weighted by atomic mass is 10.0. The summed E-state index contributed by atoms with van der Waals surface area (Å²) in [5, 5.41) is 9.39. The van der Waals surface area contributed by atoms with Gasteiger partial charge in [0.1, 0.15) is 18.5 Å². The molecule has 2 aromatic rings. The van der Waals surface area contributed by atoms with E-state index < -0.39 is 6.10 Å². The van der Waals surface area contributed by atoms with Gasteiger partial charge in [0, 0.05) is 6.54 Å². The molecule has 0 aliphatic carbocycles. The molecule has 3 N–H and O–H groups in total. The van der Waals surface area contributed by atoms with Crippen molar-refractivity contribution in [1.29, 1.82) is 0 Å². The molecule has 19 heavy (non-hydrogen) atoms. The zero-order valence-corrected chi connectivity index (χ0v) is 11.0. The quantitative estimate of drug-likeness (QED) is 0.864. The molecule has 0 spiro atoms. The molecule has 0 saturated heterocycles. The lowest BCUT2D eigenvalue weighted by Gasteiger charge is -2.13. The number of aliphatic hydroxyl groups is 1. The van der Waals surface area contributed by atoms with E-state index in [0.717, 1.165) is 16.9 Å². The van der Waals surface area contributed by atoms with Gasteiger partial charge in [0.25, 0.3) is 0 Å². The maximum absolute atomic E-state index is 9.39. The predicted molar refractivity (Wildman–Crippen MR) is 77.2 cm³/mol. The molecule has 3 heteroatoms. The molecule has 1 atom stereocenters. The highest BCUT2D eigenvalue weighted by Crippen LogP contribution is 2.26. The number of hydrogen-bond acceptors (Lipinski definition) is 3. The fourth-order valence-electron chi connectivity index (χ4n) is 1.88. The second-order valence-electron chi connectivity index (χ2n) is 4.55. The van der Waals surface area contributed by atoms with Crippen LogP contribution < -0.4 is 10.5 Å². The molecule has 2 aromatic carbocycles. The molecule has 0 aliphatic rings. The van der Waals surface area contributed by atoms with Crippen LogP contribution in [0, 0.1) is 6.92 Å². The van der Waals surface area contributed by atoms with E-state index in [1.54, 1.807) is 0 Å². The zero-order chi connectivity index (χ0) is 13.7.